The first-order valence-corrected chi connectivity index (χ1v) is 8.04. The van der Waals surface area contributed by atoms with Crippen LogP contribution in [-0.4, -0.2) is 47.4 Å². The van der Waals surface area contributed by atoms with Gasteiger partial charge < -0.3 is 14.9 Å². The van der Waals surface area contributed by atoms with Crippen LogP contribution >= 0.6 is 0 Å². The second-order valence-corrected chi connectivity index (χ2v) is 6.32. The van der Waals surface area contributed by atoms with Gasteiger partial charge in [0.15, 0.2) is 0 Å². The molecule has 0 saturated carbocycles. The van der Waals surface area contributed by atoms with Crippen molar-refractivity contribution >= 4 is 23.5 Å². The van der Waals surface area contributed by atoms with Gasteiger partial charge in [0.2, 0.25) is 11.8 Å². The lowest BCUT2D eigenvalue weighted by molar-refractivity contribution is -0.146. The molecule has 2 saturated heterocycles. The fourth-order valence-electron chi connectivity index (χ4n) is 3.41. The Morgan fingerprint density at radius 3 is 2.62 bits per heavy atom. The summed E-state index contributed by atoms with van der Waals surface area (Å²) in [5.74, 6) is -3.00. The van der Waals surface area contributed by atoms with Crippen LogP contribution in [0.5, 0.6) is 0 Å². The zero-order valence-corrected chi connectivity index (χ0v) is 13.2. The van der Waals surface area contributed by atoms with E-state index in [4.69, 9.17) is 5.11 Å². The Hall–Kier alpha value is -2.44. The van der Waals surface area contributed by atoms with Crippen molar-refractivity contribution in [3.8, 4) is 0 Å². The monoisotopic (exact) mass is 334 g/mol. The van der Waals surface area contributed by atoms with E-state index in [1.165, 1.54) is 21.9 Å². The number of hydrogen-bond acceptors (Lipinski definition) is 3. The van der Waals surface area contributed by atoms with Crippen molar-refractivity contribution in [1.82, 2.24) is 4.90 Å². The second kappa shape index (κ2) is 6.59. The van der Waals surface area contributed by atoms with Crippen LogP contribution in [0.1, 0.15) is 19.3 Å². The molecule has 1 N–H and O–H groups in total. The van der Waals surface area contributed by atoms with Crippen molar-refractivity contribution in [2.24, 2.45) is 11.8 Å². The van der Waals surface area contributed by atoms with Gasteiger partial charge in [-0.05, 0) is 25.0 Å². The van der Waals surface area contributed by atoms with Crippen molar-refractivity contribution < 1.29 is 23.9 Å². The highest BCUT2D eigenvalue weighted by Crippen LogP contribution is 2.29. The Balaban J connectivity index is 1.70. The molecular weight excluding hydrogens is 315 g/mol. The third kappa shape index (κ3) is 3.11. The zero-order valence-electron chi connectivity index (χ0n) is 13.2. The first-order chi connectivity index (χ1) is 11.5. The highest BCUT2D eigenvalue weighted by Gasteiger charge is 2.39. The summed E-state index contributed by atoms with van der Waals surface area (Å²) in [6, 6.07) is 5.98. The molecule has 2 fully saturated rings. The van der Waals surface area contributed by atoms with E-state index in [0.717, 1.165) is 0 Å². The molecule has 2 amide bonds. The molecule has 0 unspecified atom stereocenters. The SMILES string of the molecule is O=C(O)[C@@H]1CCCN(C(=O)[C@H]2CC(=O)N(c3ccccc3F)C2)C1. The van der Waals surface area contributed by atoms with E-state index < -0.39 is 23.6 Å². The van der Waals surface area contributed by atoms with Gasteiger partial charge in [0.05, 0.1) is 17.5 Å². The topological polar surface area (TPSA) is 77.9 Å². The highest BCUT2D eigenvalue weighted by molar-refractivity contribution is 6.00. The Morgan fingerprint density at radius 1 is 1.17 bits per heavy atom. The first-order valence-electron chi connectivity index (χ1n) is 8.04. The summed E-state index contributed by atoms with van der Waals surface area (Å²) in [7, 11) is 0. The quantitative estimate of drug-likeness (QED) is 0.909. The normalized spacial score (nSPS) is 24.3. The summed E-state index contributed by atoms with van der Waals surface area (Å²) in [5.41, 5.74) is 0.180. The zero-order chi connectivity index (χ0) is 17.3. The lowest BCUT2D eigenvalue weighted by atomic mass is 9.96. The highest BCUT2D eigenvalue weighted by atomic mass is 19.1. The number of rotatable bonds is 3. The number of carbonyl (C=O) groups is 3. The molecule has 0 aromatic heterocycles. The smallest absolute Gasteiger partial charge is 0.308 e. The number of para-hydroxylation sites is 1. The van der Waals surface area contributed by atoms with E-state index in [-0.39, 0.29) is 37.0 Å². The van der Waals surface area contributed by atoms with Crippen LogP contribution in [0.25, 0.3) is 0 Å². The number of benzene rings is 1. The van der Waals surface area contributed by atoms with Crippen LogP contribution in [0.15, 0.2) is 24.3 Å². The largest absolute Gasteiger partial charge is 0.481 e. The van der Waals surface area contributed by atoms with Crippen LogP contribution in [0, 0.1) is 17.7 Å². The number of anilines is 1. The molecule has 24 heavy (non-hydrogen) atoms. The second-order valence-electron chi connectivity index (χ2n) is 6.32. The molecular formula is C17H19FN2O4. The van der Waals surface area contributed by atoms with Gasteiger partial charge in [0.25, 0.3) is 0 Å². The van der Waals surface area contributed by atoms with Gasteiger partial charge in [-0.25, -0.2) is 4.39 Å². The van der Waals surface area contributed by atoms with Crippen LogP contribution < -0.4 is 4.90 Å². The van der Waals surface area contributed by atoms with Crippen molar-refractivity contribution in [2.75, 3.05) is 24.5 Å². The predicted octanol–water partition coefficient (Wildman–Crippen LogP) is 1.50. The lowest BCUT2D eigenvalue weighted by Gasteiger charge is -2.32. The van der Waals surface area contributed by atoms with Gasteiger partial charge in [-0.3, -0.25) is 14.4 Å². The fourth-order valence-corrected chi connectivity index (χ4v) is 3.41. The summed E-state index contributed by atoms with van der Waals surface area (Å²) in [4.78, 5) is 38.8. The van der Waals surface area contributed by atoms with Crippen LogP contribution in [0.4, 0.5) is 10.1 Å². The number of halogens is 1. The van der Waals surface area contributed by atoms with E-state index in [9.17, 15) is 18.8 Å². The van der Waals surface area contributed by atoms with Crippen molar-refractivity contribution in [3.05, 3.63) is 30.1 Å². The summed E-state index contributed by atoms with van der Waals surface area (Å²) < 4.78 is 13.9. The number of piperidine rings is 1. The standard InChI is InChI=1S/C17H19FN2O4/c18-13-5-1-2-6-14(13)20-10-12(8-15(20)21)16(22)19-7-3-4-11(9-19)17(23)24/h1-2,5-6,11-12H,3-4,7-10H2,(H,23,24)/t11-,12+/m1/s1. The number of likely N-dealkylation sites (tertiary alicyclic amines) is 1. The fraction of sp³-hybridized carbons (Fsp3) is 0.471. The number of hydrogen-bond donors (Lipinski definition) is 1. The minimum Gasteiger partial charge on any atom is -0.481 e. The maximum Gasteiger partial charge on any atom is 0.308 e. The Bertz CT molecular complexity index is 678. The number of aliphatic carboxylic acids is 1. The Labute approximate surface area is 138 Å². The third-order valence-electron chi connectivity index (χ3n) is 4.70. The summed E-state index contributed by atoms with van der Waals surface area (Å²) >= 11 is 0. The van der Waals surface area contributed by atoms with Gasteiger partial charge in [-0.2, -0.15) is 0 Å². The molecule has 0 aliphatic carbocycles. The van der Waals surface area contributed by atoms with Crippen molar-refractivity contribution in [3.63, 3.8) is 0 Å². The molecule has 0 spiro atoms. The molecule has 2 atom stereocenters. The van der Waals surface area contributed by atoms with Gasteiger partial charge >= 0.3 is 5.97 Å². The van der Waals surface area contributed by atoms with Crippen LogP contribution in [0.2, 0.25) is 0 Å². The van der Waals surface area contributed by atoms with E-state index in [2.05, 4.69) is 0 Å². The number of carbonyl (C=O) groups excluding carboxylic acids is 2. The van der Waals surface area contributed by atoms with Crippen LogP contribution in [-0.2, 0) is 14.4 Å². The average molecular weight is 334 g/mol. The van der Waals surface area contributed by atoms with Gasteiger partial charge in [0, 0.05) is 26.1 Å². The van der Waals surface area contributed by atoms with Crippen molar-refractivity contribution in [1.29, 1.82) is 0 Å². The molecule has 128 valence electrons. The minimum atomic E-state index is -0.900. The Kier molecular flexibility index (Phi) is 4.51. The average Bonchev–Trinajstić information content (AvgIpc) is 2.96. The van der Waals surface area contributed by atoms with E-state index in [0.29, 0.717) is 19.4 Å². The maximum atomic E-state index is 13.9. The van der Waals surface area contributed by atoms with Crippen LogP contribution in [0.3, 0.4) is 0 Å². The van der Waals surface area contributed by atoms with Gasteiger partial charge in [-0.15, -0.1) is 0 Å². The number of carboxylic acid groups (broad SMARTS) is 1. The summed E-state index contributed by atoms with van der Waals surface area (Å²) in [6.45, 7) is 0.818. The molecule has 0 bridgehead atoms. The molecule has 7 heteroatoms. The predicted molar refractivity (Wildman–Crippen MR) is 83.8 cm³/mol. The molecule has 1 aromatic carbocycles. The number of carboxylic acids is 1. The molecule has 1 aromatic rings. The minimum absolute atomic E-state index is 0.0292. The van der Waals surface area contributed by atoms with E-state index in [1.807, 2.05) is 0 Å². The molecule has 6 nitrogen and oxygen atoms in total. The Morgan fingerprint density at radius 2 is 1.92 bits per heavy atom. The third-order valence-corrected chi connectivity index (χ3v) is 4.70. The molecule has 2 aliphatic heterocycles. The molecule has 2 aliphatic rings. The molecule has 0 radical (unpaired) electrons. The number of nitrogens with zero attached hydrogens (tertiary/aromatic N) is 2. The number of amides is 2. The summed E-state index contributed by atoms with van der Waals surface area (Å²) in [5, 5.41) is 9.12. The van der Waals surface area contributed by atoms with E-state index in [1.54, 1.807) is 12.1 Å². The van der Waals surface area contributed by atoms with Gasteiger partial charge in [0.1, 0.15) is 5.82 Å². The maximum absolute atomic E-state index is 13.9. The first kappa shape index (κ1) is 16.4. The summed E-state index contributed by atoms with van der Waals surface area (Å²) in [6.07, 6.45) is 1.23. The molecule has 3 rings (SSSR count). The van der Waals surface area contributed by atoms with E-state index >= 15 is 0 Å². The molecule has 2 heterocycles. The van der Waals surface area contributed by atoms with Gasteiger partial charge in [-0.1, -0.05) is 12.1 Å². The van der Waals surface area contributed by atoms with Crippen molar-refractivity contribution in [2.45, 2.75) is 19.3 Å². The lowest BCUT2D eigenvalue weighted by Crippen LogP contribution is -2.45.